The number of carbonyl (C=O) groups excluding carboxylic acids is 1. The molecule has 2 heterocycles. The highest BCUT2D eigenvalue weighted by Crippen LogP contribution is 2.17. The molecule has 2 aliphatic rings. The molecule has 146 valence electrons. The van der Waals surface area contributed by atoms with Crippen LogP contribution in [0.2, 0.25) is 0 Å². The number of ketones is 1. The van der Waals surface area contributed by atoms with Crippen LogP contribution in [0.4, 0.5) is 8.78 Å². The SMILES string of the molecule is CCN1CCCCC1C(C)=O.Fc1ccc(CN2CCCCC2)cc1F. The van der Waals surface area contributed by atoms with Crippen LogP contribution >= 0.6 is 0 Å². The predicted molar refractivity (Wildman–Crippen MR) is 101 cm³/mol. The van der Waals surface area contributed by atoms with E-state index in [9.17, 15) is 13.6 Å². The molecule has 1 unspecified atom stereocenters. The third kappa shape index (κ3) is 6.44. The Morgan fingerprint density at radius 3 is 2.31 bits per heavy atom. The Balaban J connectivity index is 0.000000197. The molecule has 0 radical (unpaired) electrons. The molecule has 1 aromatic rings. The lowest BCUT2D eigenvalue weighted by molar-refractivity contribution is -0.123. The highest BCUT2D eigenvalue weighted by atomic mass is 19.2. The highest BCUT2D eigenvalue weighted by Gasteiger charge is 2.23. The number of nitrogens with zero attached hydrogens (tertiary/aromatic N) is 2. The Kier molecular flexibility index (Phi) is 8.66. The van der Waals surface area contributed by atoms with Gasteiger partial charge in [-0.25, -0.2) is 8.78 Å². The molecule has 0 amide bonds. The van der Waals surface area contributed by atoms with Crippen molar-refractivity contribution in [2.75, 3.05) is 26.2 Å². The first-order valence-electron chi connectivity index (χ1n) is 9.92. The van der Waals surface area contributed by atoms with Crippen LogP contribution < -0.4 is 0 Å². The molecule has 2 aliphatic heterocycles. The second-order valence-corrected chi connectivity index (χ2v) is 7.34. The van der Waals surface area contributed by atoms with E-state index in [-0.39, 0.29) is 6.04 Å². The monoisotopic (exact) mass is 366 g/mol. The van der Waals surface area contributed by atoms with Gasteiger partial charge in [-0.05, 0) is 76.5 Å². The minimum absolute atomic E-state index is 0.230. The van der Waals surface area contributed by atoms with Crippen molar-refractivity contribution in [3.05, 3.63) is 35.4 Å². The van der Waals surface area contributed by atoms with Gasteiger partial charge in [0.2, 0.25) is 0 Å². The lowest BCUT2D eigenvalue weighted by Gasteiger charge is -2.32. The first-order chi connectivity index (χ1) is 12.5. The molecule has 0 aromatic heterocycles. The number of likely N-dealkylation sites (N-methyl/N-ethyl adjacent to an activating group) is 1. The average Bonchev–Trinajstić information content (AvgIpc) is 2.66. The molecule has 0 aliphatic carbocycles. The second kappa shape index (κ2) is 10.7. The zero-order chi connectivity index (χ0) is 18.9. The third-order valence-corrected chi connectivity index (χ3v) is 5.33. The third-order valence-electron chi connectivity index (χ3n) is 5.33. The Bertz CT molecular complexity index is 573. The van der Waals surface area contributed by atoms with Crippen molar-refractivity contribution < 1.29 is 13.6 Å². The van der Waals surface area contributed by atoms with E-state index >= 15 is 0 Å². The molecule has 2 saturated heterocycles. The summed E-state index contributed by atoms with van der Waals surface area (Å²) < 4.78 is 25.6. The predicted octanol–water partition coefficient (Wildman–Crippen LogP) is 4.40. The zero-order valence-corrected chi connectivity index (χ0v) is 16.1. The van der Waals surface area contributed by atoms with Gasteiger partial charge in [0.25, 0.3) is 0 Å². The van der Waals surface area contributed by atoms with Crippen LogP contribution in [-0.2, 0) is 11.3 Å². The van der Waals surface area contributed by atoms with Crippen molar-refractivity contribution in [1.82, 2.24) is 9.80 Å². The number of halogens is 2. The summed E-state index contributed by atoms with van der Waals surface area (Å²) >= 11 is 0. The Labute approximate surface area is 156 Å². The second-order valence-electron chi connectivity index (χ2n) is 7.34. The maximum atomic E-state index is 12.9. The van der Waals surface area contributed by atoms with Crippen LogP contribution in [0.25, 0.3) is 0 Å². The first-order valence-corrected chi connectivity index (χ1v) is 9.92. The summed E-state index contributed by atoms with van der Waals surface area (Å²) in [7, 11) is 0. The van der Waals surface area contributed by atoms with Crippen LogP contribution in [0.3, 0.4) is 0 Å². The van der Waals surface area contributed by atoms with Crippen LogP contribution in [0.5, 0.6) is 0 Å². The van der Waals surface area contributed by atoms with Gasteiger partial charge >= 0.3 is 0 Å². The zero-order valence-electron chi connectivity index (χ0n) is 16.1. The van der Waals surface area contributed by atoms with Gasteiger partial charge in [-0.1, -0.05) is 25.8 Å². The summed E-state index contributed by atoms with van der Waals surface area (Å²) in [6.07, 6.45) is 7.27. The van der Waals surface area contributed by atoms with Gasteiger partial charge < -0.3 is 0 Å². The van der Waals surface area contributed by atoms with Gasteiger partial charge in [0, 0.05) is 6.54 Å². The largest absolute Gasteiger partial charge is 0.299 e. The maximum Gasteiger partial charge on any atom is 0.159 e. The number of hydrogen-bond acceptors (Lipinski definition) is 3. The quantitative estimate of drug-likeness (QED) is 0.789. The highest BCUT2D eigenvalue weighted by molar-refractivity contribution is 5.81. The Morgan fingerprint density at radius 2 is 1.73 bits per heavy atom. The molecule has 0 saturated carbocycles. The molecule has 0 N–H and O–H groups in total. The fourth-order valence-corrected chi connectivity index (χ4v) is 3.84. The van der Waals surface area contributed by atoms with E-state index in [1.807, 2.05) is 0 Å². The first kappa shape index (κ1) is 21.0. The molecule has 0 bridgehead atoms. The van der Waals surface area contributed by atoms with Crippen molar-refractivity contribution in [3.8, 4) is 0 Å². The summed E-state index contributed by atoms with van der Waals surface area (Å²) in [4.78, 5) is 15.7. The summed E-state index contributed by atoms with van der Waals surface area (Å²) in [6.45, 7) is 8.83. The molecule has 0 spiro atoms. The van der Waals surface area contributed by atoms with Gasteiger partial charge in [0.1, 0.15) is 5.78 Å². The molecular weight excluding hydrogens is 334 g/mol. The summed E-state index contributed by atoms with van der Waals surface area (Å²) in [6, 6.07) is 4.39. The van der Waals surface area contributed by atoms with Crippen molar-refractivity contribution in [3.63, 3.8) is 0 Å². The number of rotatable bonds is 4. The molecule has 2 fully saturated rings. The van der Waals surface area contributed by atoms with Crippen molar-refractivity contribution in [1.29, 1.82) is 0 Å². The van der Waals surface area contributed by atoms with Gasteiger partial charge in [-0.2, -0.15) is 0 Å². The number of likely N-dealkylation sites (tertiary alicyclic amines) is 2. The minimum Gasteiger partial charge on any atom is -0.299 e. The van der Waals surface area contributed by atoms with Crippen LogP contribution in [0.15, 0.2) is 18.2 Å². The molecule has 5 heteroatoms. The molecule has 3 nitrogen and oxygen atoms in total. The van der Waals surface area contributed by atoms with Gasteiger partial charge in [0.05, 0.1) is 6.04 Å². The fourth-order valence-electron chi connectivity index (χ4n) is 3.84. The van der Waals surface area contributed by atoms with E-state index in [1.165, 1.54) is 44.2 Å². The standard InChI is InChI=1S/C12H15F2N.C9H17NO/c13-11-5-4-10(8-12(11)14)9-15-6-2-1-3-7-15;1-3-10-7-5-4-6-9(10)8(2)11/h4-5,8H,1-3,6-7,9H2;9H,3-7H2,1-2H3. The molecule has 26 heavy (non-hydrogen) atoms. The maximum absolute atomic E-state index is 12.9. The molecular formula is C21H32F2N2O. The minimum atomic E-state index is -0.766. The average molecular weight is 366 g/mol. The van der Waals surface area contributed by atoms with Crippen molar-refractivity contribution in [2.24, 2.45) is 0 Å². The van der Waals surface area contributed by atoms with Gasteiger partial charge in [-0.3, -0.25) is 14.6 Å². The normalized spacial score (nSPS) is 21.8. The summed E-state index contributed by atoms with van der Waals surface area (Å²) in [5, 5.41) is 0. The molecule has 1 atom stereocenters. The number of benzene rings is 1. The topological polar surface area (TPSA) is 23.6 Å². The smallest absolute Gasteiger partial charge is 0.159 e. The van der Waals surface area contributed by atoms with E-state index in [2.05, 4.69) is 16.7 Å². The number of piperidine rings is 2. The van der Waals surface area contributed by atoms with E-state index < -0.39 is 11.6 Å². The van der Waals surface area contributed by atoms with Crippen LogP contribution in [0, 0.1) is 11.6 Å². The summed E-state index contributed by atoms with van der Waals surface area (Å²) in [5.74, 6) is -1.17. The lowest BCUT2D eigenvalue weighted by atomic mass is 9.99. The Hall–Kier alpha value is -1.33. The summed E-state index contributed by atoms with van der Waals surface area (Å²) in [5.41, 5.74) is 0.857. The molecule has 3 rings (SSSR count). The van der Waals surface area contributed by atoms with Crippen LogP contribution in [-0.4, -0.2) is 47.8 Å². The van der Waals surface area contributed by atoms with E-state index in [0.29, 0.717) is 5.78 Å². The van der Waals surface area contributed by atoms with E-state index in [4.69, 9.17) is 0 Å². The number of Topliss-reactive ketones (excluding diaryl/α,β-unsaturated/α-hetero) is 1. The van der Waals surface area contributed by atoms with Gasteiger partial charge in [0.15, 0.2) is 11.6 Å². The van der Waals surface area contributed by atoms with E-state index in [0.717, 1.165) is 44.7 Å². The Morgan fingerprint density at radius 1 is 1.04 bits per heavy atom. The number of hydrogen-bond donors (Lipinski definition) is 0. The van der Waals surface area contributed by atoms with Gasteiger partial charge in [-0.15, -0.1) is 0 Å². The molecule has 1 aromatic carbocycles. The fraction of sp³-hybridized carbons (Fsp3) is 0.667. The lowest BCUT2D eigenvalue weighted by Crippen LogP contribution is -2.43. The van der Waals surface area contributed by atoms with Crippen molar-refractivity contribution in [2.45, 2.75) is 65.0 Å². The number of carbonyl (C=O) groups is 1. The van der Waals surface area contributed by atoms with Crippen LogP contribution in [0.1, 0.15) is 57.9 Å². The van der Waals surface area contributed by atoms with E-state index in [1.54, 1.807) is 13.0 Å². The van der Waals surface area contributed by atoms with Crippen molar-refractivity contribution >= 4 is 5.78 Å².